The fourth-order valence-electron chi connectivity index (χ4n) is 4.45. The Hall–Kier alpha value is -3.02. The highest BCUT2D eigenvalue weighted by atomic mass is 35.5. The van der Waals surface area contributed by atoms with Gasteiger partial charge in [-0.05, 0) is 47.9 Å². The van der Waals surface area contributed by atoms with Gasteiger partial charge in [-0.15, -0.1) is 0 Å². The number of halogens is 2. The molecule has 0 bridgehead atoms. The molecule has 162 valence electrons. The molecule has 0 spiro atoms. The number of hydrogen-bond donors (Lipinski definition) is 1. The number of rotatable bonds is 4. The van der Waals surface area contributed by atoms with Crippen LogP contribution in [-0.4, -0.2) is 18.2 Å². The molecule has 2 heterocycles. The second-order valence-corrected chi connectivity index (χ2v) is 8.88. The van der Waals surface area contributed by atoms with E-state index in [9.17, 15) is 4.79 Å². The molecule has 5 rings (SSSR count). The van der Waals surface area contributed by atoms with Gasteiger partial charge in [-0.3, -0.25) is 20.2 Å². The standard InChI is InChI=1S/C25H22Cl2N4O/c1-16-23(25(32)29-30-15-14-17-6-2-4-8-21(17)30)28-31(22-9-5-3-7-20(22)27)24(16)18-10-12-19(26)13-11-18/h2-13,16,24H,14-15H2,1H3,(H,29,32)/t16-,24+/m0/s1. The first-order valence-corrected chi connectivity index (χ1v) is 11.3. The molecule has 0 saturated heterocycles. The summed E-state index contributed by atoms with van der Waals surface area (Å²) in [5.41, 5.74) is 7.56. The molecule has 2 aliphatic heterocycles. The molecular weight excluding hydrogens is 443 g/mol. The van der Waals surface area contributed by atoms with Crippen LogP contribution in [0.1, 0.15) is 24.1 Å². The van der Waals surface area contributed by atoms with Crippen LogP contribution in [0.3, 0.4) is 0 Å². The monoisotopic (exact) mass is 464 g/mol. The van der Waals surface area contributed by atoms with Crippen LogP contribution in [0.2, 0.25) is 10.0 Å². The molecule has 2 aliphatic rings. The van der Waals surface area contributed by atoms with Crippen molar-refractivity contribution < 1.29 is 4.79 Å². The highest BCUT2D eigenvalue weighted by Crippen LogP contribution is 2.42. The topological polar surface area (TPSA) is 47.9 Å². The molecule has 0 aromatic heterocycles. The van der Waals surface area contributed by atoms with E-state index in [1.54, 1.807) is 0 Å². The van der Waals surface area contributed by atoms with Crippen LogP contribution in [0.15, 0.2) is 77.9 Å². The van der Waals surface area contributed by atoms with Crippen LogP contribution in [0.5, 0.6) is 0 Å². The van der Waals surface area contributed by atoms with Crippen LogP contribution in [-0.2, 0) is 11.2 Å². The van der Waals surface area contributed by atoms with Crippen molar-refractivity contribution in [3.05, 3.63) is 94.0 Å². The summed E-state index contributed by atoms with van der Waals surface area (Å²) in [5.74, 6) is -0.368. The minimum Gasteiger partial charge on any atom is -0.285 e. The van der Waals surface area contributed by atoms with E-state index in [4.69, 9.17) is 28.3 Å². The maximum Gasteiger partial charge on any atom is 0.286 e. The summed E-state index contributed by atoms with van der Waals surface area (Å²) in [5, 5.41) is 9.77. The van der Waals surface area contributed by atoms with E-state index in [1.807, 2.05) is 83.7 Å². The summed E-state index contributed by atoms with van der Waals surface area (Å²) < 4.78 is 0. The lowest BCUT2D eigenvalue weighted by atomic mass is 9.91. The predicted octanol–water partition coefficient (Wildman–Crippen LogP) is 5.64. The lowest BCUT2D eigenvalue weighted by Gasteiger charge is -2.27. The fourth-order valence-corrected chi connectivity index (χ4v) is 4.80. The van der Waals surface area contributed by atoms with Gasteiger partial charge in [0.2, 0.25) is 0 Å². The Bertz CT molecular complexity index is 1190. The summed E-state index contributed by atoms with van der Waals surface area (Å²) in [4.78, 5) is 13.3. The van der Waals surface area contributed by atoms with Gasteiger partial charge in [0.15, 0.2) is 0 Å². The van der Waals surface area contributed by atoms with Crippen molar-refractivity contribution in [2.24, 2.45) is 11.0 Å². The Morgan fingerprint density at radius 1 is 0.969 bits per heavy atom. The van der Waals surface area contributed by atoms with Crippen LogP contribution in [0, 0.1) is 5.92 Å². The molecule has 3 aromatic rings. The van der Waals surface area contributed by atoms with Gasteiger partial charge < -0.3 is 0 Å². The summed E-state index contributed by atoms with van der Waals surface area (Å²) >= 11 is 12.6. The lowest BCUT2D eigenvalue weighted by Crippen LogP contribution is -2.45. The van der Waals surface area contributed by atoms with E-state index in [2.05, 4.69) is 11.5 Å². The van der Waals surface area contributed by atoms with Gasteiger partial charge in [0, 0.05) is 17.5 Å². The smallest absolute Gasteiger partial charge is 0.285 e. The number of anilines is 2. The van der Waals surface area contributed by atoms with E-state index in [0.717, 1.165) is 29.9 Å². The van der Waals surface area contributed by atoms with Crippen molar-refractivity contribution in [1.82, 2.24) is 5.43 Å². The number of fused-ring (bicyclic) bond motifs is 1. The normalized spacial score (nSPS) is 19.7. The van der Waals surface area contributed by atoms with E-state index < -0.39 is 0 Å². The van der Waals surface area contributed by atoms with Gasteiger partial charge in [0.1, 0.15) is 5.71 Å². The zero-order valence-corrected chi connectivity index (χ0v) is 19.0. The van der Waals surface area contributed by atoms with Crippen molar-refractivity contribution in [2.75, 3.05) is 16.6 Å². The molecule has 0 saturated carbocycles. The van der Waals surface area contributed by atoms with Gasteiger partial charge in [-0.25, -0.2) is 0 Å². The molecular formula is C25H22Cl2N4O. The van der Waals surface area contributed by atoms with E-state index in [-0.39, 0.29) is 17.9 Å². The number of nitrogens with zero attached hydrogens (tertiary/aromatic N) is 3. The van der Waals surface area contributed by atoms with Crippen molar-refractivity contribution in [1.29, 1.82) is 0 Å². The summed E-state index contributed by atoms with van der Waals surface area (Å²) in [7, 11) is 0. The quantitative estimate of drug-likeness (QED) is 0.543. The van der Waals surface area contributed by atoms with Crippen molar-refractivity contribution in [2.45, 2.75) is 19.4 Å². The second-order valence-electron chi connectivity index (χ2n) is 8.04. The van der Waals surface area contributed by atoms with E-state index >= 15 is 0 Å². The predicted molar refractivity (Wildman–Crippen MR) is 130 cm³/mol. The van der Waals surface area contributed by atoms with Crippen molar-refractivity contribution >= 4 is 46.2 Å². The third-order valence-corrected chi connectivity index (χ3v) is 6.62. The van der Waals surface area contributed by atoms with Gasteiger partial charge in [0.25, 0.3) is 5.91 Å². The zero-order chi connectivity index (χ0) is 22.2. The Morgan fingerprint density at radius 3 is 2.41 bits per heavy atom. The maximum absolute atomic E-state index is 13.3. The Labute approximate surface area is 197 Å². The van der Waals surface area contributed by atoms with Gasteiger partial charge in [0.05, 0.1) is 22.4 Å². The minimum absolute atomic E-state index is 0.162. The molecule has 0 aliphatic carbocycles. The van der Waals surface area contributed by atoms with E-state index in [0.29, 0.717) is 15.8 Å². The second kappa shape index (κ2) is 8.49. The molecule has 2 atom stereocenters. The molecule has 3 aromatic carbocycles. The summed E-state index contributed by atoms with van der Waals surface area (Å²) in [6.45, 7) is 2.76. The third kappa shape index (κ3) is 3.72. The van der Waals surface area contributed by atoms with Crippen LogP contribution < -0.4 is 15.4 Å². The van der Waals surface area contributed by atoms with Crippen LogP contribution >= 0.6 is 23.2 Å². The highest BCUT2D eigenvalue weighted by Gasteiger charge is 2.40. The Balaban J connectivity index is 1.48. The van der Waals surface area contributed by atoms with Crippen molar-refractivity contribution in [3.8, 4) is 0 Å². The number of hydrazine groups is 1. The number of hydrogen-bond acceptors (Lipinski definition) is 4. The maximum atomic E-state index is 13.3. The third-order valence-electron chi connectivity index (χ3n) is 6.05. The zero-order valence-electron chi connectivity index (χ0n) is 17.5. The van der Waals surface area contributed by atoms with Gasteiger partial charge in [-0.2, -0.15) is 5.10 Å². The largest absolute Gasteiger partial charge is 0.286 e. The Morgan fingerprint density at radius 2 is 1.66 bits per heavy atom. The summed E-state index contributed by atoms with van der Waals surface area (Å²) in [6, 6.07) is 23.1. The first-order chi connectivity index (χ1) is 15.5. The molecule has 5 nitrogen and oxygen atoms in total. The SMILES string of the molecule is C[C@H]1C(C(=O)NN2CCc3ccccc32)=NN(c2ccccc2Cl)[C@H]1c1ccc(Cl)cc1. The molecule has 0 fully saturated rings. The number of amides is 1. The molecule has 7 heteroatoms. The number of carbonyl (C=O) groups is 1. The lowest BCUT2D eigenvalue weighted by molar-refractivity contribution is -0.115. The summed E-state index contributed by atoms with van der Waals surface area (Å²) in [6.07, 6.45) is 0.900. The number of hydrazone groups is 1. The average molecular weight is 465 g/mol. The molecule has 32 heavy (non-hydrogen) atoms. The van der Waals surface area contributed by atoms with E-state index in [1.165, 1.54) is 5.56 Å². The fraction of sp³-hybridized carbons (Fsp3) is 0.200. The minimum atomic E-state index is -0.206. The van der Waals surface area contributed by atoms with Crippen LogP contribution in [0.4, 0.5) is 11.4 Å². The number of para-hydroxylation sites is 2. The first-order valence-electron chi connectivity index (χ1n) is 10.6. The number of carbonyl (C=O) groups excluding carboxylic acids is 1. The number of nitrogens with one attached hydrogen (secondary N) is 1. The average Bonchev–Trinajstić information content (AvgIpc) is 3.36. The number of benzene rings is 3. The molecule has 0 radical (unpaired) electrons. The van der Waals surface area contributed by atoms with Gasteiger partial charge in [-0.1, -0.05) is 72.6 Å². The first kappa shape index (κ1) is 20.9. The highest BCUT2D eigenvalue weighted by molar-refractivity contribution is 6.41. The van der Waals surface area contributed by atoms with Gasteiger partial charge >= 0.3 is 0 Å². The Kier molecular flexibility index (Phi) is 5.53. The molecule has 0 unspecified atom stereocenters. The molecule has 1 amide bonds. The molecule has 1 N–H and O–H groups in total. The van der Waals surface area contributed by atoms with Crippen LogP contribution in [0.25, 0.3) is 0 Å². The van der Waals surface area contributed by atoms with Crippen molar-refractivity contribution in [3.63, 3.8) is 0 Å².